The first-order chi connectivity index (χ1) is 7.20. The van der Waals surface area contributed by atoms with E-state index in [1.807, 2.05) is 17.8 Å². The fourth-order valence-electron chi connectivity index (χ4n) is 1.48. The second kappa shape index (κ2) is 5.98. The van der Waals surface area contributed by atoms with Crippen LogP contribution in [0.5, 0.6) is 0 Å². The van der Waals surface area contributed by atoms with Gasteiger partial charge in [0.15, 0.2) is 0 Å². The van der Waals surface area contributed by atoms with Crippen molar-refractivity contribution in [2.75, 3.05) is 24.0 Å². The van der Waals surface area contributed by atoms with Crippen LogP contribution in [-0.2, 0) is 6.61 Å². The van der Waals surface area contributed by atoms with Crippen LogP contribution in [0.3, 0.4) is 0 Å². The lowest BCUT2D eigenvalue weighted by molar-refractivity contribution is 0.281. The van der Waals surface area contributed by atoms with Gasteiger partial charge in [-0.05, 0) is 19.2 Å². The first-order valence-corrected chi connectivity index (χ1v) is 6.35. The second-order valence-corrected chi connectivity index (χ2v) is 4.49. The zero-order valence-electron chi connectivity index (χ0n) is 9.47. The number of aliphatic hydroxyl groups excluding tert-OH is 1. The Kier molecular flexibility index (Phi) is 4.91. The molecule has 0 saturated carbocycles. The Morgan fingerprint density at radius 3 is 2.93 bits per heavy atom. The predicted octanol–water partition coefficient (Wildman–Crippen LogP) is 1.76. The molecule has 0 fully saturated rings. The van der Waals surface area contributed by atoms with Gasteiger partial charge in [-0.1, -0.05) is 0 Å². The molecule has 0 aliphatic carbocycles. The van der Waals surface area contributed by atoms with Gasteiger partial charge in [0.2, 0.25) is 0 Å². The van der Waals surface area contributed by atoms with Crippen molar-refractivity contribution in [3.05, 3.63) is 24.0 Å². The lowest BCUT2D eigenvalue weighted by Crippen LogP contribution is -2.31. The van der Waals surface area contributed by atoms with Gasteiger partial charge < -0.3 is 10.0 Å². The summed E-state index contributed by atoms with van der Waals surface area (Å²) in [6.07, 6.45) is 5.58. The molecule has 0 aliphatic rings. The Hall–Kier alpha value is -0.740. The highest BCUT2D eigenvalue weighted by molar-refractivity contribution is 7.98. The first kappa shape index (κ1) is 12.3. The summed E-state index contributed by atoms with van der Waals surface area (Å²) < 4.78 is 0. The van der Waals surface area contributed by atoms with Gasteiger partial charge in [-0.2, -0.15) is 11.8 Å². The van der Waals surface area contributed by atoms with Gasteiger partial charge in [-0.15, -0.1) is 0 Å². The number of aliphatic hydroxyl groups is 1. The molecular weight excluding hydrogens is 208 g/mol. The van der Waals surface area contributed by atoms with Gasteiger partial charge in [-0.25, -0.2) is 0 Å². The number of nitrogens with zero attached hydrogens (tertiary/aromatic N) is 2. The highest BCUT2D eigenvalue weighted by Crippen LogP contribution is 2.20. The number of thioether (sulfide) groups is 1. The fraction of sp³-hybridized carbons (Fsp3) is 0.545. The molecule has 1 atom stereocenters. The Labute approximate surface area is 95.5 Å². The SMILES string of the molecule is CSCC(C)N(C)c1ccncc1CO. The lowest BCUT2D eigenvalue weighted by Gasteiger charge is -2.28. The van der Waals surface area contributed by atoms with Crippen LogP contribution in [0.2, 0.25) is 0 Å². The molecule has 1 aromatic rings. The smallest absolute Gasteiger partial charge is 0.0717 e. The van der Waals surface area contributed by atoms with Gasteiger partial charge >= 0.3 is 0 Å². The summed E-state index contributed by atoms with van der Waals surface area (Å²) >= 11 is 1.83. The molecule has 0 spiro atoms. The number of aromatic nitrogens is 1. The molecule has 3 nitrogen and oxygen atoms in total. The van der Waals surface area contributed by atoms with E-state index in [2.05, 4.69) is 30.1 Å². The third-order valence-electron chi connectivity index (χ3n) is 2.50. The molecule has 0 aliphatic heterocycles. The maximum atomic E-state index is 9.21. The van der Waals surface area contributed by atoms with Crippen molar-refractivity contribution in [2.24, 2.45) is 0 Å². The number of anilines is 1. The average Bonchev–Trinajstić information content (AvgIpc) is 2.28. The van der Waals surface area contributed by atoms with Crippen molar-refractivity contribution < 1.29 is 5.11 Å². The lowest BCUT2D eigenvalue weighted by atomic mass is 10.2. The van der Waals surface area contributed by atoms with E-state index >= 15 is 0 Å². The van der Waals surface area contributed by atoms with Crippen molar-refractivity contribution in [1.82, 2.24) is 4.98 Å². The molecule has 1 N–H and O–H groups in total. The highest BCUT2D eigenvalue weighted by atomic mass is 32.2. The molecular formula is C11H18N2OS. The summed E-state index contributed by atoms with van der Waals surface area (Å²) in [4.78, 5) is 6.20. The topological polar surface area (TPSA) is 36.4 Å². The van der Waals surface area contributed by atoms with E-state index in [1.54, 1.807) is 12.4 Å². The maximum Gasteiger partial charge on any atom is 0.0717 e. The van der Waals surface area contributed by atoms with Gasteiger partial charge in [0.25, 0.3) is 0 Å². The summed E-state index contributed by atoms with van der Waals surface area (Å²) in [7, 11) is 2.05. The van der Waals surface area contributed by atoms with Crippen LogP contribution < -0.4 is 4.90 Å². The van der Waals surface area contributed by atoms with E-state index in [4.69, 9.17) is 0 Å². The standard InChI is InChI=1S/C11H18N2OS/c1-9(8-15-3)13(2)11-4-5-12-6-10(11)7-14/h4-6,9,14H,7-8H2,1-3H3. The van der Waals surface area contributed by atoms with Crippen LogP contribution in [0, 0.1) is 0 Å². The molecule has 0 saturated heterocycles. The van der Waals surface area contributed by atoms with Crippen molar-refractivity contribution in [3.63, 3.8) is 0 Å². The first-order valence-electron chi connectivity index (χ1n) is 4.96. The second-order valence-electron chi connectivity index (χ2n) is 3.58. The minimum absolute atomic E-state index is 0.0412. The van der Waals surface area contributed by atoms with Crippen molar-refractivity contribution in [2.45, 2.75) is 19.6 Å². The maximum absolute atomic E-state index is 9.21. The molecule has 84 valence electrons. The third-order valence-corrected chi connectivity index (χ3v) is 3.31. The minimum atomic E-state index is 0.0412. The van der Waals surface area contributed by atoms with E-state index in [0.717, 1.165) is 17.0 Å². The van der Waals surface area contributed by atoms with E-state index < -0.39 is 0 Å². The monoisotopic (exact) mass is 226 g/mol. The highest BCUT2D eigenvalue weighted by Gasteiger charge is 2.12. The van der Waals surface area contributed by atoms with Gasteiger partial charge in [0, 0.05) is 42.5 Å². The molecule has 1 unspecified atom stereocenters. The Morgan fingerprint density at radius 1 is 1.60 bits per heavy atom. The molecule has 0 aromatic carbocycles. The molecule has 0 amide bonds. The van der Waals surface area contributed by atoms with Crippen LogP contribution in [-0.4, -0.2) is 35.2 Å². The Balaban J connectivity index is 2.84. The molecule has 15 heavy (non-hydrogen) atoms. The normalized spacial score (nSPS) is 12.5. The molecule has 1 aromatic heterocycles. The fourth-order valence-corrected chi connectivity index (χ4v) is 2.18. The number of pyridine rings is 1. The predicted molar refractivity (Wildman–Crippen MR) is 66.4 cm³/mol. The van der Waals surface area contributed by atoms with Gasteiger partial charge in [0.05, 0.1) is 6.61 Å². The Bertz CT molecular complexity index is 306. The third kappa shape index (κ3) is 3.11. The molecule has 0 radical (unpaired) electrons. The van der Waals surface area contributed by atoms with Crippen LogP contribution in [0.25, 0.3) is 0 Å². The van der Waals surface area contributed by atoms with Crippen LogP contribution >= 0.6 is 11.8 Å². The van der Waals surface area contributed by atoms with Crippen molar-refractivity contribution >= 4 is 17.4 Å². The summed E-state index contributed by atoms with van der Waals surface area (Å²) in [5.74, 6) is 1.07. The largest absolute Gasteiger partial charge is 0.392 e. The van der Waals surface area contributed by atoms with Crippen LogP contribution in [0.4, 0.5) is 5.69 Å². The zero-order valence-corrected chi connectivity index (χ0v) is 10.3. The summed E-state index contributed by atoms with van der Waals surface area (Å²) in [6, 6.07) is 2.40. The molecule has 0 bridgehead atoms. The van der Waals surface area contributed by atoms with Gasteiger partial charge in [-0.3, -0.25) is 4.98 Å². The van der Waals surface area contributed by atoms with E-state index in [9.17, 15) is 5.11 Å². The summed E-state index contributed by atoms with van der Waals surface area (Å²) in [5, 5.41) is 9.21. The number of hydrogen-bond acceptors (Lipinski definition) is 4. The van der Waals surface area contributed by atoms with Crippen molar-refractivity contribution in [3.8, 4) is 0 Å². The van der Waals surface area contributed by atoms with Crippen LogP contribution in [0.15, 0.2) is 18.5 Å². The quantitative estimate of drug-likeness (QED) is 0.830. The molecule has 4 heteroatoms. The molecule has 1 rings (SSSR count). The van der Waals surface area contributed by atoms with Crippen LogP contribution in [0.1, 0.15) is 12.5 Å². The molecule has 1 heterocycles. The average molecular weight is 226 g/mol. The summed E-state index contributed by atoms with van der Waals surface area (Å²) in [6.45, 7) is 2.22. The van der Waals surface area contributed by atoms with E-state index in [1.165, 1.54) is 0 Å². The zero-order chi connectivity index (χ0) is 11.3. The Morgan fingerprint density at radius 2 is 2.33 bits per heavy atom. The summed E-state index contributed by atoms with van der Waals surface area (Å²) in [5.41, 5.74) is 1.95. The number of hydrogen-bond donors (Lipinski definition) is 1. The van der Waals surface area contributed by atoms with Gasteiger partial charge in [0.1, 0.15) is 0 Å². The van der Waals surface area contributed by atoms with E-state index in [-0.39, 0.29) is 6.61 Å². The van der Waals surface area contributed by atoms with Crippen molar-refractivity contribution in [1.29, 1.82) is 0 Å². The minimum Gasteiger partial charge on any atom is -0.392 e. The number of rotatable bonds is 5. The van der Waals surface area contributed by atoms with E-state index in [0.29, 0.717) is 6.04 Å².